The van der Waals surface area contributed by atoms with Crippen LogP contribution < -0.4 is 14.4 Å². The van der Waals surface area contributed by atoms with E-state index in [1.54, 1.807) is 18.2 Å². The number of sulfonamides is 1. The molecule has 4 rings (SSSR count). The number of para-hydroxylation sites is 2. The van der Waals surface area contributed by atoms with Gasteiger partial charge in [-0.05, 0) is 62.6 Å². The van der Waals surface area contributed by atoms with E-state index in [2.05, 4.69) is 9.71 Å². The van der Waals surface area contributed by atoms with Crippen LogP contribution in [0.4, 0.5) is 6.01 Å². The zero-order valence-corrected chi connectivity index (χ0v) is 17.4. The molecule has 0 aliphatic carbocycles. The van der Waals surface area contributed by atoms with Gasteiger partial charge in [-0.1, -0.05) is 12.1 Å². The molecule has 1 N–H and O–H groups in total. The molecule has 0 bridgehead atoms. The molecule has 29 heavy (non-hydrogen) atoms. The number of aryl methyl sites for hydroxylation is 1. The molecular weight excluding hydrogens is 390 g/mol. The smallest absolute Gasteiger partial charge is 0.298 e. The lowest BCUT2D eigenvalue weighted by atomic mass is 10.2. The summed E-state index contributed by atoms with van der Waals surface area (Å²) in [5.74, 6) is 0.698. The Morgan fingerprint density at radius 1 is 1.28 bits per heavy atom. The van der Waals surface area contributed by atoms with Gasteiger partial charge in [0, 0.05) is 19.1 Å². The van der Waals surface area contributed by atoms with Crippen LogP contribution in [0.3, 0.4) is 0 Å². The van der Waals surface area contributed by atoms with Gasteiger partial charge in [0.05, 0.1) is 11.5 Å². The van der Waals surface area contributed by atoms with Crippen molar-refractivity contribution in [3.05, 3.63) is 48.0 Å². The molecule has 0 spiro atoms. The summed E-state index contributed by atoms with van der Waals surface area (Å²) in [5.41, 5.74) is 2.33. The minimum absolute atomic E-state index is 0.00151. The first-order valence-electron chi connectivity index (χ1n) is 9.83. The van der Waals surface area contributed by atoms with E-state index in [0.717, 1.165) is 36.0 Å². The van der Waals surface area contributed by atoms with Crippen molar-refractivity contribution in [1.29, 1.82) is 0 Å². The molecule has 3 aromatic rings. The molecule has 8 heteroatoms. The summed E-state index contributed by atoms with van der Waals surface area (Å²) in [6, 6.07) is 13.1. The maximum atomic E-state index is 12.8. The fourth-order valence-corrected chi connectivity index (χ4v) is 4.84. The molecule has 2 heterocycles. The van der Waals surface area contributed by atoms with Crippen LogP contribution in [0.2, 0.25) is 0 Å². The van der Waals surface area contributed by atoms with Gasteiger partial charge < -0.3 is 14.1 Å². The van der Waals surface area contributed by atoms with Gasteiger partial charge in [-0.15, -0.1) is 0 Å². The maximum Gasteiger partial charge on any atom is 0.298 e. The molecule has 1 aliphatic heterocycles. The Morgan fingerprint density at radius 2 is 2.10 bits per heavy atom. The number of benzene rings is 2. The van der Waals surface area contributed by atoms with E-state index in [1.807, 2.05) is 43.0 Å². The second kappa shape index (κ2) is 8.04. The van der Waals surface area contributed by atoms with Crippen LogP contribution in [0.5, 0.6) is 5.75 Å². The molecule has 154 valence electrons. The third kappa shape index (κ3) is 4.09. The molecule has 0 radical (unpaired) electrons. The second-order valence-electron chi connectivity index (χ2n) is 7.17. The van der Waals surface area contributed by atoms with E-state index in [9.17, 15) is 8.42 Å². The first-order chi connectivity index (χ1) is 14.0. The van der Waals surface area contributed by atoms with Crippen LogP contribution in [0.15, 0.2) is 51.8 Å². The summed E-state index contributed by atoms with van der Waals surface area (Å²) < 4.78 is 39.7. The Morgan fingerprint density at radius 3 is 2.86 bits per heavy atom. The van der Waals surface area contributed by atoms with Gasteiger partial charge in [0.15, 0.2) is 5.58 Å². The van der Waals surface area contributed by atoms with Crippen molar-refractivity contribution in [2.75, 3.05) is 24.6 Å². The van der Waals surface area contributed by atoms with Crippen molar-refractivity contribution < 1.29 is 17.6 Å². The zero-order chi connectivity index (χ0) is 20.4. The Hall–Kier alpha value is -2.58. The van der Waals surface area contributed by atoms with E-state index in [1.165, 1.54) is 0 Å². The Balaban J connectivity index is 1.47. The van der Waals surface area contributed by atoms with Crippen LogP contribution in [0, 0.1) is 6.92 Å². The van der Waals surface area contributed by atoms with Gasteiger partial charge in [0.2, 0.25) is 10.0 Å². The first kappa shape index (κ1) is 19.7. The predicted molar refractivity (Wildman–Crippen MR) is 112 cm³/mol. The summed E-state index contributed by atoms with van der Waals surface area (Å²) in [7, 11) is -3.62. The van der Waals surface area contributed by atoms with Crippen molar-refractivity contribution in [2.24, 2.45) is 0 Å². The lowest BCUT2D eigenvalue weighted by Crippen LogP contribution is -2.40. The largest absolute Gasteiger partial charge is 0.494 e. The molecule has 1 fully saturated rings. The third-order valence-corrected chi connectivity index (χ3v) is 6.59. The van der Waals surface area contributed by atoms with Crippen molar-refractivity contribution in [1.82, 2.24) is 9.71 Å². The van der Waals surface area contributed by atoms with Crippen molar-refractivity contribution in [3.8, 4) is 5.75 Å². The maximum absolute atomic E-state index is 12.8. The molecular formula is C21H25N3O4S. The van der Waals surface area contributed by atoms with E-state index < -0.39 is 10.0 Å². The molecule has 1 atom stereocenters. The summed E-state index contributed by atoms with van der Waals surface area (Å²) in [5, 5.41) is 0. The normalized spacial score (nSPS) is 17.2. The van der Waals surface area contributed by atoms with Crippen molar-refractivity contribution >= 4 is 27.1 Å². The monoisotopic (exact) mass is 415 g/mol. The zero-order valence-electron chi connectivity index (χ0n) is 16.6. The minimum atomic E-state index is -3.62. The highest BCUT2D eigenvalue weighted by Crippen LogP contribution is 2.28. The van der Waals surface area contributed by atoms with Crippen LogP contribution >= 0.6 is 0 Å². The molecule has 2 aromatic carbocycles. The minimum Gasteiger partial charge on any atom is -0.494 e. The number of nitrogens with one attached hydrogen (secondary N) is 1. The van der Waals surface area contributed by atoms with Crippen LogP contribution in [0.25, 0.3) is 11.1 Å². The Labute approximate surface area is 170 Å². The van der Waals surface area contributed by atoms with Crippen molar-refractivity contribution in [2.45, 2.75) is 37.6 Å². The molecule has 1 unspecified atom stereocenters. The lowest BCUT2D eigenvalue weighted by molar-refractivity contribution is 0.337. The highest BCUT2D eigenvalue weighted by atomic mass is 32.2. The molecule has 1 aromatic heterocycles. The number of hydrogen-bond acceptors (Lipinski definition) is 6. The van der Waals surface area contributed by atoms with E-state index in [4.69, 9.17) is 9.15 Å². The number of rotatable bonds is 7. The summed E-state index contributed by atoms with van der Waals surface area (Å²) in [6.07, 6.45) is 1.84. The highest BCUT2D eigenvalue weighted by molar-refractivity contribution is 7.89. The number of aromatic nitrogens is 1. The van der Waals surface area contributed by atoms with Gasteiger partial charge >= 0.3 is 0 Å². The fourth-order valence-electron chi connectivity index (χ4n) is 3.68. The number of fused-ring (bicyclic) bond motifs is 1. The SMILES string of the molecule is CCOc1ccc(S(=O)(=O)NCC2CCCN2c2nc3ccccc3o2)cc1C. The molecule has 1 aliphatic rings. The molecule has 1 saturated heterocycles. The highest BCUT2D eigenvalue weighted by Gasteiger charge is 2.29. The second-order valence-corrected chi connectivity index (χ2v) is 8.93. The number of nitrogens with zero attached hydrogens (tertiary/aromatic N) is 2. The van der Waals surface area contributed by atoms with Gasteiger partial charge in [0.25, 0.3) is 6.01 Å². The topological polar surface area (TPSA) is 84.7 Å². The van der Waals surface area contributed by atoms with Crippen molar-refractivity contribution in [3.63, 3.8) is 0 Å². The number of anilines is 1. The van der Waals surface area contributed by atoms with Gasteiger partial charge in [-0.3, -0.25) is 0 Å². The van der Waals surface area contributed by atoms with Crippen LogP contribution in [0.1, 0.15) is 25.3 Å². The Bertz CT molecular complexity index is 1080. The number of ether oxygens (including phenoxy) is 1. The van der Waals surface area contributed by atoms with E-state index >= 15 is 0 Å². The van der Waals surface area contributed by atoms with Gasteiger partial charge in [0.1, 0.15) is 11.3 Å². The van der Waals surface area contributed by atoms with Crippen LogP contribution in [-0.2, 0) is 10.0 Å². The van der Waals surface area contributed by atoms with E-state index in [0.29, 0.717) is 24.9 Å². The summed E-state index contributed by atoms with van der Waals surface area (Å²) >= 11 is 0. The molecule has 0 amide bonds. The van der Waals surface area contributed by atoms with Gasteiger partial charge in [-0.25, -0.2) is 13.1 Å². The summed E-state index contributed by atoms with van der Waals surface area (Å²) in [4.78, 5) is 6.84. The molecule has 0 saturated carbocycles. The number of oxazole rings is 1. The number of hydrogen-bond donors (Lipinski definition) is 1. The molecule has 7 nitrogen and oxygen atoms in total. The standard InChI is InChI=1S/C21H25N3O4S/c1-3-27-19-11-10-17(13-15(19)2)29(25,26)22-14-16-7-6-12-24(16)21-23-18-8-4-5-9-20(18)28-21/h4-5,8-11,13,16,22H,3,6-7,12,14H2,1-2H3. The predicted octanol–water partition coefficient (Wildman–Crippen LogP) is 3.48. The van der Waals surface area contributed by atoms with Crippen LogP contribution in [-0.4, -0.2) is 39.1 Å². The van der Waals surface area contributed by atoms with Gasteiger partial charge in [-0.2, -0.15) is 4.98 Å². The third-order valence-electron chi connectivity index (χ3n) is 5.17. The fraction of sp³-hybridized carbons (Fsp3) is 0.381. The Kier molecular flexibility index (Phi) is 5.47. The average molecular weight is 416 g/mol. The quantitative estimate of drug-likeness (QED) is 0.636. The van der Waals surface area contributed by atoms with E-state index in [-0.39, 0.29) is 10.9 Å². The summed E-state index contributed by atoms with van der Waals surface area (Å²) in [6.45, 7) is 5.37. The first-order valence-corrected chi connectivity index (χ1v) is 11.3. The lowest BCUT2D eigenvalue weighted by Gasteiger charge is -2.23. The average Bonchev–Trinajstić information content (AvgIpc) is 3.34.